The number of hydrogen-bond donors (Lipinski definition) is 0. The third-order valence-corrected chi connectivity index (χ3v) is 4.78. The largest absolute Gasteiger partial charge is 0.497 e. The number of likely N-dealkylation sites (N-methyl/N-ethyl adjacent to an activating group) is 1. The first-order chi connectivity index (χ1) is 13.6. The van der Waals surface area contributed by atoms with E-state index in [2.05, 4.69) is 0 Å². The van der Waals surface area contributed by atoms with Gasteiger partial charge in [0.1, 0.15) is 18.0 Å². The van der Waals surface area contributed by atoms with Crippen molar-refractivity contribution < 1.29 is 19.1 Å². The predicted octanol–water partition coefficient (Wildman–Crippen LogP) is 3.00. The molecule has 3 rings (SSSR count). The molecule has 2 aromatic rings. The van der Waals surface area contributed by atoms with Gasteiger partial charge in [0.15, 0.2) is 0 Å². The molecule has 0 spiro atoms. The van der Waals surface area contributed by atoms with Crippen LogP contribution in [-0.4, -0.2) is 57.2 Å². The van der Waals surface area contributed by atoms with E-state index in [1.165, 1.54) is 0 Å². The molecule has 148 valence electrons. The number of anilines is 2. The van der Waals surface area contributed by atoms with Crippen LogP contribution in [0, 0.1) is 0 Å². The van der Waals surface area contributed by atoms with E-state index in [1.54, 1.807) is 47.1 Å². The average Bonchev–Trinajstić information content (AvgIpc) is 3.08. The van der Waals surface area contributed by atoms with Crippen molar-refractivity contribution in [1.82, 2.24) is 4.90 Å². The molecule has 0 aliphatic carbocycles. The molecule has 0 bridgehead atoms. The van der Waals surface area contributed by atoms with Gasteiger partial charge >= 0.3 is 6.03 Å². The fourth-order valence-electron chi connectivity index (χ4n) is 3.32. The van der Waals surface area contributed by atoms with Gasteiger partial charge in [-0.25, -0.2) is 4.79 Å². The van der Waals surface area contributed by atoms with Crippen molar-refractivity contribution in [3.63, 3.8) is 0 Å². The van der Waals surface area contributed by atoms with Crippen LogP contribution in [0.3, 0.4) is 0 Å². The second kappa shape index (κ2) is 8.65. The van der Waals surface area contributed by atoms with Gasteiger partial charge in [-0.2, -0.15) is 0 Å². The zero-order valence-electron chi connectivity index (χ0n) is 16.4. The van der Waals surface area contributed by atoms with Crippen molar-refractivity contribution in [2.24, 2.45) is 0 Å². The number of para-hydroxylation sites is 1. The van der Waals surface area contributed by atoms with E-state index in [-0.39, 0.29) is 18.5 Å². The fourth-order valence-corrected chi connectivity index (χ4v) is 3.32. The highest BCUT2D eigenvalue weighted by molar-refractivity contribution is 6.01. The van der Waals surface area contributed by atoms with Crippen molar-refractivity contribution in [3.8, 4) is 11.5 Å². The molecule has 7 heteroatoms. The number of hydrogen-bond acceptors (Lipinski definition) is 4. The van der Waals surface area contributed by atoms with Gasteiger partial charge in [0.25, 0.3) is 0 Å². The van der Waals surface area contributed by atoms with Gasteiger partial charge < -0.3 is 19.3 Å². The minimum Gasteiger partial charge on any atom is -0.497 e. The molecule has 0 aromatic heterocycles. The van der Waals surface area contributed by atoms with Crippen LogP contribution in [0.25, 0.3) is 0 Å². The molecule has 28 heavy (non-hydrogen) atoms. The number of nitrogens with zero attached hydrogens (tertiary/aromatic N) is 3. The zero-order chi connectivity index (χ0) is 20.1. The molecule has 1 fully saturated rings. The Morgan fingerprint density at radius 1 is 1.07 bits per heavy atom. The zero-order valence-corrected chi connectivity index (χ0v) is 16.4. The van der Waals surface area contributed by atoms with Gasteiger partial charge in [-0.15, -0.1) is 0 Å². The first-order valence-electron chi connectivity index (χ1n) is 9.23. The smallest absolute Gasteiger partial charge is 0.325 e. The quantitative estimate of drug-likeness (QED) is 0.737. The summed E-state index contributed by atoms with van der Waals surface area (Å²) < 4.78 is 10.7. The Morgan fingerprint density at radius 3 is 2.46 bits per heavy atom. The van der Waals surface area contributed by atoms with Crippen molar-refractivity contribution in [3.05, 3.63) is 48.5 Å². The van der Waals surface area contributed by atoms with Crippen LogP contribution >= 0.6 is 0 Å². The molecule has 3 amide bonds. The van der Waals surface area contributed by atoms with E-state index in [0.29, 0.717) is 36.8 Å². The Balaban J connectivity index is 1.75. The maximum Gasteiger partial charge on any atom is 0.325 e. The number of benzene rings is 2. The molecule has 0 N–H and O–H groups in total. The highest BCUT2D eigenvalue weighted by Gasteiger charge is 2.33. The van der Waals surface area contributed by atoms with Crippen LogP contribution < -0.4 is 19.3 Å². The Labute approximate surface area is 165 Å². The van der Waals surface area contributed by atoms with Gasteiger partial charge in [-0.05, 0) is 31.2 Å². The van der Waals surface area contributed by atoms with Crippen molar-refractivity contribution in [2.45, 2.75) is 6.92 Å². The number of carbonyl (C=O) groups excluding carboxylic acids is 2. The minimum absolute atomic E-state index is 0.0321. The summed E-state index contributed by atoms with van der Waals surface area (Å²) in [6, 6.07) is 14.6. The minimum atomic E-state index is -0.219. The summed E-state index contributed by atoms with van der Waals surface area (Å²) in [5, 5.41) is 0. The van der Waals surface area contributed by atoms with E-state index in [4.69, 9.17) is 9.47 Å². The first kappa shape index (κ1) is 19.5. The van der Waals surface area contributed by atoms with E-state index in [9.17, 15) is 9.59 Å². The lowest BCUT2D eigenvalue weighted by Crippen LogP contribution is -2.42. The van der Waals surface area contributed by atoms with Crippen LogP contribution in [0.15, 0.2) is 48.5 Å². The number of amides is 3. The Hall–Kier alpha value is -3.22. The van der Waals surface area contributed by atoms with E-state index >= 15 is 0 Å². The van der Waals surface area contributed by atoms with E-state index in [0.717, 1.165) is 5.69 Å². The molecule has 7 nitrogen and oxygen atoms in total. The molecule has 1 aliphatic heterocycles. The second-order valence-electron chi connectivity index (χ2n) is 6.37. The predicted molar refractivity (Wildman–Crippen MR) is 108 cm³/mol. The maximum atomic E-state index is 12.9. The van der Waals surface area contributed by atoms with Crippen LogP contribution in [0.5, 0.6) is 11.5 Å². The molecular formula is C21H25N3O4. The first-order valence-corrected chi connectivity index (χ1v) is 9.23. The van der Waals surface area contributed by atoms with Gasteiger partial charge in [-0.1, -0.05) is 18.2 Å². The molecule has 0 unspecified atom stereocenters. The van der Waals surface area contributed by atoms with E-state index < -0.39 is 0 Å². The lowest BCUT2D eigenvalue weighted by atomic mass is 10.2. The SMILES string of the molecule is CCN(C(=O)CN1CCN(c2cc(OC)ccc2OC)C1=O)c1ccccc1. The normalized spacial score (nSPS) is 13.6. The van der Waals surface area contributed by atoms with Crippen LogP contribution in [0.2, 0.25) is 0 Å². The lowest BCUT2D eigenvalue weighted by Gasteiger charge is -2.25. The second-order valence-corrected chi connectivity index (χ2v) is 6.37. The summed E-state index contributed by atoms with van der Waals surface area (Å²) in [6.07, 6.45) is 0. The summed E-state index contributed by atoms with van der Waals surface area (Å²) in [4.78, 5) is 30.6. The molecule has 1 heterocycles. The Bertz CT molecular complexity index is 841. The molecule has 1 saturated heterocycles. The lowest BCUT2D eigenvalue weighted by molar-refractivity contribution is -0.119. The molecule has 2 aromatic carbocycles. The van der Waals surface area contributed by atoms with Crippen LogP contribution in [0.4, 0.5) is 16.2 Å². The summed E-state index contributed by atoms with van der Waals surface area (Å²) in [5.41, 5.74) is 1.46. The highest BCUT2D eigenvalue weighted by Crippen LogP contribution is 2.34. The highest BCUT2D eigenvalue weighted by atomic mass is 16.5. The number of methoxy groups -OCH3 is 2. The fraction of sp³-hybridized carbons (Fsp3) is 0.333. The molecule has 0 radical (unpaired) electrons. The number of carbonyl (C=O) groups is 2. The molecular weight excluding hydrogens is 358 g/mol. The standard InChI is InChI=1S/C21H25N3O4/c1-4-23(16-8-6-5-7-9-16)20(25)15-22-12-13-24(21(22)26)18-14-17(27-2)10-11-19(18)28-3/h5-11,14H,4,12-13,15H2,1-3H3. The van der Waals surface area contributed by atoms with Crippen LogP contribution in [0.1, 0.15) is 6.92 Å². The molecule has 0 atom stereocenters. The Morgan fingerprint density at radius 2 is 1.82 bits per heavy atom. The molecule has 0 saturated carbocycles. The van der Waals surface area contributed by atoms with Crippen molar-refractivity contribution in [1.29, 1.82) is 0 Å². The monoisotopic (exact) mass is 383 g/mol. The maximum absolute atomic E-state index is 12.9. The Kier molecular flexibility index (Phi) is 6.03. The average molecular weight is 383 g/mol. The van der Waals surface area contributed by atoms with Gasteiger partial charge in [0.2, 0.25) is 5.91 Å². The van der Waals surface area contributed by atoms with E-state index in [1.807, 2.05) is 37.3 Å². The van der Waals surface area contributed by atoms with Gasteiger partial charge in [-0.3, -0.25) is 9.69 Å². The number of urea groups is 1. The van der Waals surface area contributed by atoms with Crippen molar-refractivity contribution >= 4 is 23.3 Å². The third kappa shape index (κ3) is 3.88. The van der Waals surface area contributed by atoms with Crippen molar-refractivity contribution in [2.75, 3.05) is 50.2 Å². The summed E-state index contributed by atoms with van der Waals surface area (Å²) >= 11 is 0. The van der Waals surface area contributed by atoms with Crippen LogP contribution in [-0.2, 0) is 4.79 Å². The summed E-state index contributed by atoms with van der Waals surface area (Å²) in [6.45, 7) is 3.44. The number of ether oxygens (including phenoxy) is 2. The topological polar surface area (TPSA) is 62.3 Å². The van der Waals surface area contributed by atoms with Gasteiger partial charge in [0, 0.05) is 31.4 Å². The molecule has 1 aliphatic rings. The number of rotatable bonds is 7. The summed E-state index contributed by atoms with van der Waals surface area (Å²) in [7, 11) is 3.14. The summed E-state index contributed by atoms with van der Waals surface area (Å²) in [5.74, 6) is 1.11. The third-order valence-electron chi connectivity index (χ3n) is 4.78. The van der Waals surface area contributed by atoms with Gasteiger partial charge in [0.05, 0.1) is 19.9 Å².